The molecule has 1 fully saturated rings. The molecule has 19 heavy (non-hydrogen) atoms. The van der Waals surface area contributed by atoms with Gasteiger partial charge in [-0.05, 0) is 28.1 Å². The molecule has 1 N–H and O–H groups in total. The van der Waals surface area contributed by atoms with E-state index in [0.717, 1.165) is 30.7 Å². The molecule has 1 amide bonds. The molecule has 0 spiro atoms. The Balaban J connectivity index is 2.30. The molecule has 1 aromatic rings. The lowest BCUT2D eigenvalue weighted by atomic mass is 10.1. The fourth-order valence-corrected chi connectivity index (χ4v) is 2.60. The van der Waals surface area contributed by atoms with Crippen LogP contribution in [0.1, 0.15) is 10.4 Å². The van der Waals surface area contributed by atoms with Crippen molar-refractivity contribution in [2.75, 3.05) is 40.4 Å². The third-order valence-electron chi connectivity index (χ3n) is 3.10. The lowest BCUT2D eigenvalue weighted by molar-refractivity contribution is 0.0735. The molecule has 2 rings (SSSR count). The highest BCUT2D eigenvalue weighted by Gasteiger charge is 2.21. The van der Waals surface area contributed by atoms with E-state index >= 15 is 0 Å². The molecule has 0 aromatic heterocycles. The van der Waals surface area contributed by atoms with E-state index in [0.29, 0.717) is 17.1 Å². The van der Waals surface area contributed by atoms with Gasteiger partial charge in [-0.25, -0.2) is 0 Å². The second-order valence-electron chi connectivity index (χ2n) is 4.24. The standard InChI is InChI=1S/C13H17BrN2O3/c1-18-10-7-9(8-11(19-2)12(10)14)13(17)16-5-3-15-4-6-16/h7-8,15H,3-6H2,1-2H3. The van der Waals surface area contributed by atoms with E-state index in [1.807, 2.05) is 4.90 Å². The molecular weight excluding hydrogens is 312 g/mol. The summed E-state index contributed by atoms with van der Waals surface area (Å²) in [5.41, 5.74) is 0.582. The Bertz CT molecular complexity index is 448. The van der Waals surface area contributed by atoms with Gasteiger partial charge in [-0.2, -0.15) is 0 Å². The molecule has 1 aliphatic heterocycles. The average Bonchev–Trinajstić information content (AvgIpc) is 2.47. The molecule has 0 saturated carbocycles. The number of halogens is 1. The minimum atomic E-state index is 0.00519. The van der Waals surface area contributed by atoms with E-state index in [1.165, 1.54) is 0 Å². The SMILES string of the molecule is COc1cc(C(=O)N2CCNCC2)cc(OC)c1Br. The molecule has 1 aliphatic rings. The summed E-state index contributed by atoms with van der Waals surface area (Å²) >= 11 is 3.40. The lowest BCUT2D eigenvalue weighted by Crippen LogP contribution is -2.46. The maximum absolute atomic E-state index is 12.4. The summed E-state index contributed by atoms with van der Waals surface area (Å²) in [4.78, 5) is 14.3. The van der Waals surface area contributed by atoms with Crippen LogP contribution in [-0.4, -0.2) is 51.2 Å². The number of rotatable bonds is 3. The van der Waals surface area contributed by atoms with Crippen LogP contribution >= 0.6 is 15.9 Å². The van der Waals surface area contributed by atoms with Crippen LogP contribution in [0.2, 0.25) is 0 Å². The van der Waals surface area contributed by atoms with Gasteiger partial charge >= 0.3 is 0 Å². The molecule has 0 radical (unpaired) electrons. The van der Waals surface area contributed by atoms with Crippen molar-refractivity contribution >= 4 is 21.8 Å². The van der Waals surface area contributed by atoms with Gasteiger partial charge in [0.1, 0.15) is 16.0 Å². The molecule has 6 heteroatoms. The number of carbonyl (C=O) groups is 1. The van der Waals surface area contributed by atoms with Crippen molar-refractivity contribution in [2.45, 2.75) is 0 Å². The number of methoxy groups -OCH3 is 2. The van der Waals surface area contributed by atoms with Crippen LogP contribution in [0.3, 0.4) is 0 Å². The van der Waals surface area contributed by atoms with Crippen molar-refractivity contribution in [3.63, 3.8) is 0 Å². The number of piperazine rings is 1. The van der Waals surface area contributed by atoms with E-state index in [1.54, 1.807) is 26.4 Å². The van der Waals surface area contributed by atoms with Gasteiger partial charge in [0.2, 0.25) is 0 Å². The maximum Gasteiger partial charge on any atom is 0.254 e. The molecule has 0 unspecified atom stereocenters. The highest BCUT2D eigenvalue weighted by Crippen LogP contribution is 2.35. The predicted octanol–water partition coefficient (Wildman–Crippen LogP) is 1.51. The van der Waals surface area contributed by atoms with E-state index in [9.17, 15) is 4.79 Å². The topological polar surface area (TPSA) is 50.8 Å². The highest BCUT2D eigenvalue weighted by atomic mass is 79.9. The lowest BCUT2D eigenvalue weighted by Gasteiger charge is -2.27. The Morgan fingerprint density at radius 2 is 1.74 bits per heavy atom. The Hall–Kier alpha value is -1.27. The van der Waals surface area contributed by atoms with Gasteiger partial charge in [-0.3, -0.25) is 4.79 Å². The van der Waals surface area contributed by atoms with Crippen LogP contribution < -0.4 is 14.8 Å². The van der Waals surface area contributed by atoms with Crippen LogP contribution in [0.25, 0.3) is 0 Å². The summed E-state index contributed by atoms with van der Waals surface area (Å²) in [7, 11) is 3.14. The number of nitrogens with one attached hydrogen (secondary N) is 1. The third kappa shape index (κ3) is 3.01. The van der Waals surface area contributed by atoms with E-state index in [-0.39, 0.29) is 5.91 Å². The zero-order valence-electron chi connectivity index (χ0n) is 11.0. The first-order chi connectivity index (χ1) is 9.17. The molecule has 0 aliphatic carbocycles. The van der Waals surface area contributed by atoms with E-state index in [2.05, 4.69) is 21.2 Å². The summed E-state index contributed by atoms with van der Waals surface area (Å²) in [6.07, 6.45) is 0. The zero-order valence-corrected chi connectivity index (χ0v) is 12.6. The largest absolute Gasteiger partial charge is 0.495 e. The van der Waals surface area contributed by atoms with Gasteiger partial charge in [0.25, 0.3) is 5.91 Å². The fourth-order valence-electron chi connectivity index (χ4n) is 2.04. The van der Waals surface area contributed by atoms with E-state index in [4.69, 9.17) is 9.47 Å². The minimum Gasteiger partial charge on any atom is -0.495 e. The number of hydrogen-bond donors (Lipinski definition) is 1. The molecule has 5 nitrogen and oxygen atoms in total. The highest BCUT2D eigenvalue weighted by molar-refractivity contribution is 9.10. The number of benzene rings is 1. The molecular formula is C13H17BrN2O3. The van der Waals surface area contributed by atoms with Crippen LogP contribution in [0.15, 0.2) is 16.6 Å². The molecule has 1 saturated heterocycles. The Labute approximate surface area is 121 Å². The summed E-state index contributed by atoms with van der Waals surface area (Å²) < 4.78 is 11.2. The predicted molar refractivity (Wildman–Crippen MR) is 76.0 cm³/mol. The van der Waals surface area contributed by atoms with E-state index < -0.39 is 0 Å². The number of carbonyl (C=O) groups excluding carboxylic acids is 1. The minimum absolute atomic E-state index is 0.00519. The van der Waals surface area contributed by atoms with Gasteiger partial charge in [0.15, 0.2) is 0 Å². The third-order valence-corrected chi connectivity index (χ3v) is 3.88. The second kappa shape index (κ2) is 6.25. The maximum atomic E-state index is 12.4. The number of hydrogen-bond acceptors (Lipinski definition) is 4. The Kier molecular flexibility index (Phi) is 4.66. The smallest absolute Gasteiger partial charge is 0.254 e. The van der Waals surface area contributed by atoms with Crippen molar-refractivity contribution in [1.82, 2.24) is 10.2 Å². The van der Waals surface area contributed by atoms with Crippen molar-refractivity contribution in [2.24, 2.45) is 0 Å². The average molecular weight is 329 g/mol. The molecule has 0 bridgehead atoms. The van der Waals surface area contributed by atoms with Crippen molar-refractivity contribution in [3.8, 4) is 11.5 Å². The van der Waals surface area contributed by atoms with Crippen LogP contribution in [-0.2, 0) is 0 Å². The summed E-state index contributed by atoms with van der Waals surface area (Å²) in [6.45, 7) is 3.10. The van der Waals surface area contributed by atoms with Crippen molar-refractivity contribution in [3.05, 3.63) is 22.2 Å². The normalized spacial score (nSPS) is 15.2. The van der Waals surface area contributed by atoms with Crippen LogP contribution in [0.5, 0.6) is 11.5 Å². The second-order valence-corrected chi connectivity index (χ2v) is 5.03. The Morgan fingerprint density at radius 3 is 2.21 bits per heavy atom. The van der Waals surface area contributed by atoms with Gasteiger partial charge < -0.3 is 19.7 Å². The monoisotopic (exact) mass is 328 g/mol. The molecule has 104 valence electrons. The summed E-state index contributed by atoms with van der Waals surface area (Å²) in [6, 6.07) is 3.47. The van der Waals surface area contributed by atoms with Crippen LogP contribution in [0.4, 0.5) is 0 Å². The first kappa shape index (κ1) is 14.1. The summed E-state index contributed by atoms with van der Waals surface area (Å²) in [5, 5.41) is 3.22. The molecule has 1 heterocycles. The molecule has 0 atom stereocenters. The number of ether oxygens (including phenoxy) is 2. The van der Waals surface area contributed by atoms with Gasteiger partial charge in [0.05, 0.1) is 14.2 Å². The van der Waals surface area contributed by atoms with Crippen LogP contribution in [0, 0.1) is 0 Å². The fraction of sp³-hybridized carbons (Fsp3) is 0.462. The number of amides is 1. The first-order valence-corrected chi connectivity index (χ1v) is 6.88. The van der Waals surface area contributed by atoms with Gasteiger partial charge in [-0.15, -0.1) is 0 Å². The first-order valence-electron chi connectivity index (χ1n) is 6.09. The molecule has 1 aromatic carbocycles. The van der Waals surface area contributed by atoms with Crippen molar-refractivity contribution in [1.29, 1.82) is 0 Å². The zero-order chi connectivity index (χ0) is 13.8. The Morgan fingerprint density at radius 1 is 1.21 bits per heavy atom. The van der Waals surface area contributed by atoms with Gasteiger partial charge in [0, 0.05) is 31.7 Å². The van der Waals surface area contributed by atoms with Gasteiger partial charge in [-0.1, -0.05) is 0 Å². The summed E-state index contributed by atoms with van der Waals surface area (Å²) in [5.74, 6) is 1.20. The number of nitrogens with zero attached hydrogens (tertiary/aromatic N) is 1. The quantitative estimate of drug-likeness (QED) is 0.913. The van der Waals surface area contributed by atoms with Crippen molar-refractivity contribution < 1.29 is 14.3 Å².